The van der Waals surface area contributed by atoms with Crippen LogP contribution in [0.1, 0.15) is 56.7 Å². The Bertz CT molecular complexity index is 892. The SMILES string of the molecule is Cc1nc(C)c(C(=O)N2CCCN(C(=O)CC3CCc4ccccc43)CC2)s1. The molecule has 1 aromatic carbocycles. The molecular formula is C22H27N3O2S. The van der Waals surface area contributed by atoms with Crippen molar-refractivity contribution in [3.63, 3.8) is 0 Å². The summed E-state index contributed by atoms with van der Waals surface area (Å²) in [6, 6.07) is 8.50. The number of rotatable bonds is 3. The minimum atomic E-state index is 0.0575. The first kappa shape index (κ1) is 19.1. The quantitative estimate of drug-likeness (QED) is 0.796. The van der Waals surface area contributed by atoms with Crippen LogP contribution >= 0.6 is 11.3 Å². The van der Waals surface area contributed by atoms with Gasteiger partial charge in [-0.25, -0.2) is 4.98 Å². The molecule has 5 nitrogen and oxygen atoms in total. The number of aryl methyl sites for hydroxylation is 3. The number of thiazole rings is 1. The molecule has 2 aliphatic rings. The summed E-state index contributed by atoms with van der Waals surface area (Å²) in [5.41, 5.74) is 3.55. The van der Waals surface area contributed by atoms with Crippen molar-refractivity contribution in [2.75, 3.05) is 26.2 Å². The predicted octanol–water partition coefficient (Wildman–Crippen LogP) is 3.55. The molecule has 1 aliphatic carbocycles. The van der Waals surface area contributed by atoms with Crippen molar-refractivity contribution in [3.8, 4) is 0 Å². The molecule has 2 amide bonds. The second-order valence-corrected chi connectivity index (χ2v) is 9.02. The van der Waals surface area contributed by atoms with E-state index in [-0.39, 0.29) is 11.8 Å². The first-order valence-electron chi connectivity index (χ1n) is 10.1. The van der Waals surface area contributed by atoms with Crippen LogP contribution in [0.15, 0.2) is 24.3 Å². The summed E-state index contributed by atoms with van der Waals surface area (Å²) >= 11 is 1.46. The van der Waals surface area contributed by atoms with Gasteiger partial charge in [-0.1, -0.05) is 24.3 Å². The standard InChI is InChI=1S/C22H27N3O2S/c1-15-21(28-16(2)23-15)22(27)25-11-5-10-24(12-13-25)20(26)14-18-9-8-17-6-3-4-7-19(17)18/h3-4,6-7,18H,5,8-14H2,1-2H3. The second kappa shape index (κ2) is 8.03. The first-order valence-corrected chi connectivity index (χ1v) is 10.9. The molecule has 2 aromatic rings. The molecule has 148 valence electrons. The number of carbonyl (C=O) groups is 2. The first-order chi connectivity index (χ1) is 13.5. The molecule has 0 saturated carbocycles. The molecule has 1 unspecified atom stereocenters. The third-order valence-electron chi connectivity index (χ3n) is 5.91. The third-order valence-corrected chi connectivity index (χ3v) is 6.97. The normalized spacial score (nSPS) is 19.4. The highest BCUT2D eigenvalue weighted by Gasteiger charge is 2.29. The van der Waals surface area contributed by atoms with E-state index in [9.17, 15) is 9.59 Å². The molecule has 1 aromatic heterocycles. The van der Waals surface area contributed by atoms with Gasteiger partial charge in [-0.3, -0.25) is 9.59 Å². The van der Waals surface area contributed by atoms with Gasteiger partial charge in [-0.2, -0.15) is 0 Å². The lowest BCUT2D eigenvalue weighted by Crippen LogP contribution is -2.37. The predicted molar refractivity (Wildman–Crippen MR) is 111 cm³/mol. The topological polar surface area (TPSA) is 53.5 Å². The number of benzene rings is 1. The molecule has 1 saturated heterocycles. The summed E-state index contributed by atoms with van der Waals surface area (Å²) in [6.07, 6.45) is 3.55. The summed E-state index contributed by atoms with van der Waals surface area (Å²) in [7, 11) is 0. The zero-order valence-electron chi connectivity index (χ0n) is 16.6. The van der Waals surface area contributed by atoms with E-state index in [2.05, 4.69) is 29.2 Å². The Hall–Kier alpha value is -2.21. The Morgan fingerprint density at radius 1 is 1.11 bits per heavy atom. The Morgan fingerprint density at radius 3 is 2.64 bits per heavy atom. The number of amides is 2. The van der Waals surface area contributed by atoms with E-state index in [0.717, 1.165) is 41.4 Å². The molecule has 1 atom stereocenters. The lowest BCUT2D eigenvalue weighted by molar-refractivity contribution is -0.131. The van der Waals surface area contributed by atoms with Gasteiger partial charge in [0.05, 0.1) is 10.7 Å². The van der Waals surface area contributed by atoms with Crippen molar-refractivity contribution >= 4 is 23.2 Å². The molecule has 0 N–H and O–H groups in total. The van der Waals surface area contributed by atoms with E-state index >= 15 is 0 Å². The summed E-state index contributed by atoms with van der Waals surface area (Å²) in [5.74, 6) is 0.621. The largest absolute Gasteiger partial charge is 0.341 e. The van der Waals surface area contributed by atoms with Gasteiger partial charge in [0.25, 0.3) is 5.91 Å². The van der Waals surface area contributed by atoms with Gasteiger partial charge in [0.2, 0.25) is 5.91 Å². The zero-order chi connectivity index (χ0) is 19.7. The number of hydrogen-bond acceptors (Lipinski definition) is 4. The average Bonchev–Trinajstić information content (AvgIpc) is 3.13. The lowest BCUT2D eigenvalue weighted by atomic mass is 9.97. The number of aromatic nitrogens is 1. The van der Waals surface area contributed by atoms with E-state index in [0.29, 0.717) is 32.0 Å². The van der Waals surface area contributed by atoms with Gasteiger partial charge >= 0.3 is 0 Å². The molecule has 28 heavy (non-hydrogen) atoms. The molecule has 1 fully saturated rings. The summed E-state index contributed by atoms with van der Waals surface area (Å²) in [6.45, 7) is 6.48. The van der Waals surface area contributed by atoms with Gasteiger partial charge in [-0.05, 0) is 50.2 Å². The third kappa shape index (κ3) is 3.83. The summed E-state index contributed by atoms with van der Waals surface area (Å²) in [5, 5.41) is 0.921. The Labute approximate surface area is 170 Å². The zero-order valence-corrected chi connectivity index (χ0v) is 17.4. The maximum Gasteiger partial charge on any atom is 0.265 e. The van der Waals surface area contributed by atoms with E-state index < -0.39 is 0 Å². The monoisotopic (exact) mass is 397 g/mol. The minimum absolute atomic E-state index is 0.0575. The van der Waals surface area contributed by atoms with E-state index in [1.807, 2.05) is 23.6 Å². The molecule has 4 rings (SSSR count). The molecule has 6 heteroatoms. The van der Waals surface area contributed by atoms with Crippen molar-refractivity contribution in [2.45, 2.75) is 45.4 Å². The molecule has 0 spiro atoms. The molecule has 1 aliphatic heterocycles. The van der Waals surface area contributed by atoms with Crippen LogP contribution in [0.2, 0.25) is 0 Å². The van der Waals surface area contributed by atoms with Crippen LogP contribution in [0.3, 0.4) is 0 Å². The van der Waals surface area contributed by atoms with Gasteiger partial charge in [0, 0.05) is 32.6 Å². The number of carbonyl (C=O) groups excluding carboxylic acids is 2. The van der Waals surface area contributed by atoms with Crippen molar-refractivity contribution in [3.05, 3.63) is 51.0 Å². The molecule has 2 heterocycles. The van der Waals surface area contributed by atoms with Crippen molar-refractivity contribution in [1.29, 1.82) is 0 Å². The van der Waals surface area contributed by atoms with Crippen molar-refractivity contribution in [2.24, 2.45) is 0 Å². The highest BCUT2D eigenvalue weighted by molar-refractivity contribution is 7.13. The average molecular weight is 398 g/mol. The van der Waals surface area contributed by atoms with E-state index in [4.69, 9.17) is 0 Å². The van der Waals surface area contributed by atoms with Crippen LogP contribution in [0.5, 0.6) is 0 Å². The Balaban J connectivity index is 1.37. The highest BCUT2D eigenvalue weighted by atomic mass is 32.1. The Kier molecular flexibility index (Phi) is 5.49. The minimum Gasteiger partial charge on any atom is -0.341 e. The van der Waals surface area contributed by atoms with Gasteiger partial charge in [0.15, 0.2) is 0 Å². The number of nitrogens with zero attached hydrogens (tertiary/aromatic N) is 3. The van der Waals surface area contributed by atoms with Crippen molar-refractivity contribution in [1.82, 2.24) is 14.8 Å². The van der Waals surface area contributed by atoms with Crippen LogP contribution in [0, 0.1) is 13.8 Å². The van der Waals surface area contributed by atoms with Crippen LogP contribution in [0.25, 0.3) is 0 Å². The van der Waals surface area contributed by atoms with Crippen LogP contribution < -0.4 is 0 Å². The van der Waals surface area contributed by atoms with Gasteiger partial charge in [0.1, 0.15) is 4.88 Å². The van der Waals surface area contributed by atoms with Crippen LogP contribution in [0.4, 0.5) is 0 Å². The summed E-state index contributed by atoms with van der Waals surface area (Å²) in [4.78, 5) is 34.8. The molecule has 0 bridgehead atoms. The lowest BCUT2D eigenvalue weighted by Gasteiger charge is -2.23. The fraction of sp³-hybridized carbons (Fsp3) is 0.500. The molecule has 0 radical (unpaired) electrons. The highest BCUT2D eigenvalue weighted by Crippen LogP contribution is 2.35. The van der Waals surface area contributed by atoms with E-state index in [1.54, 1.807) is 0 Å². The Morgan fingerprint density at radius 2 is 1.86 bits per heavy atom. The van der Waals surface area contributed by atoms with E-state index in [1.165, 1.54) is 22.5 Å². The maximum atomic E-state index is 12.9. The fourth-order valence-corrected chi connectivity index (χ4v) is 5.33. The van der Waals surface area contributed by atoms with Gasteiger partial charge in [-0.15, -0.1) is 11.3 Å². The molecular weight excluding hydrogens is 370 g/mol. The van der Waals surface area contributed by atoms with Crippen LogP contribution in [-0.4, -0.2) is 52.8 Å². The van der Waals surface area contributed by atoms with Crippen molar-refractivity contribution < 1.29 is 9.59 Å². The second-order valence-electron chi connectivity index (χ2n) is 7.81. The summed E-state index contributed by atoms with van der Waals surface area (Å²) < 4.78 is 0. The number of fused-ring (bicyclic) bond motifs is 1. The smallest absolute Gasteiger partial charge is 0.265 e. The number of hydrogen-bond donors (Lipinski definition) is 0. The van der Waals surface area contributed by atoms with Crippen LogP contribution in [-0.2, 0) is 11.2 Å². The maximum absolute atomic E-state index is 12.9. The fourth-order valence-electron chi connectivity index (χ4n) is 4.44. The van der Waals surface area contributed by atoms with Gasteiger partial charge < -0.3 is 9.80 Å².